The van der Waals surface area contributed by atoms with Crippen LogP contribution in [0.2, 0.25) is 0 Å². The van der Waals surface area contributed by atoms with Crippen molar-refractivity contribution in [2.45, 2.75) is 12.8 Å². The number of piperidine rings is 1. The largest absolute Gasteiger partial charge is 0.497 e. The van der Waals surface area contributed by atoms with Crippen LogP contribution in [0.1, 0.15) is 12.8 Å². The minimum atomic E-state index is 0.0425. The molecule has 1 aliphatic heterocycles. The predicted molar refractivity (Wildman–Crippen MR) is 149 cm³/mol. The van der Waals surface area contributed by atoms with E-state index in [1.165, 1.54) is 0 Å². The smallest absolute Gasteiger partial charge is 0.227 e. The molecule has 5 aromatic rings. The lowest BCUT2D eigenvalue weighted by atomic mass is 9.96. The molecule has 0 atom stereocenters. The Morgan fingerprint density at radius 2 is 1.66 bits per heavy atom. The molecule has 1 amide bonds. The molecule has 2 aromatic heterocycles. The molecule has 1 fully saturated rings. The number of hydrogen-bond acceptors (Lipinski definition) is 7. The van der Waals surface area contributed by atoms with Crippen LogP contribution in [0.4, 0.5) is 17.2 Å². The summed E-state index contributed by atoms with van der Waals surface area (Å²) in [5.74, 6) is 2.19. The van der Waals surface area contributed by atoms with Crippen LogP contribution < -0.4 is 15.4 Å². The first-order valence-corrected chi connectivity index (χ1v) is 12.7. The van der Waals surface area contributed by atoms with Gasteiger partial charge in [0.15, 0.2) is 17.3 Å². The first kappa shape index (κ1) is 23.9. The molecule has 0 spiro atoms. The normalized spacial score (nSPS) is 14.6. The van der Waals surface area contributed by atoms with E-state index in [-0.39, 0.29) is 11.8 Å². The Hall–Kier alpha value is -4.50. The molecule has 2 N–H and O–H groups in total. The molecule has 0 radical (unpaired) electrons. The molecule has 9 nitrogen and oxygen atoms in total. The minimum Gasteiger partial charge on any atom is -0.497 e. The highest BCUT2D eigenvalue weighted by molar-refractivity contribution is 6.01. The van der Waals surface area contributed by atoms with Gasteiger partial charge in [-0.2, -0.15) is 4.52 Å². The molecule has 0 unspecified atom stereocenters. The number of benzene rings is 3. The molecule has 6 rings (SSSR count). The topological polar surface area (TPSA) is 96.7 Å². The van der Waals surface area contributed by atoms with E-state index >= 15 is 0 Å². The fraction of sp³-hybridized carbons (Fsp3) is 0.241. The van der Waals surface area contributed by atoms with E-state index < -0.39 is 0 Å². The average Bonchev–Trinajstić information content (AvgIpc) is 3.38. The summed E-state index contributed by atoms with van der Waals surface area (Å²) in [6, 6.07) is 23.4. The zero-order valence-electron chi connectivity index (χ0n) is 21.4. The summed E-state index contributed by atoms with van der Waals surface area (Å²) < 4.78 is 7.05. The maximum atomic E-state index is 12.9. The fourth-order valence-corrected chi connectivity index (χ4v) is 4.92. The molecule has 1 saturated heterocycles. The number of rotatable bonds is 6. The third-order valence-corrected chi connectivity index (χ3v) is 7.09. The van der Waals surface area contributed by atoms with Crippen molar-refractivity contribution in [3.8, 4) is 17.1 Å². The Labute approximate surface area is 220 Å². The van der Waals surface area contributed by atoms with Crippen molar-refractivity contribution in [3.05, 3.63) is 72.8 Å². The summed E-state index contributed by atoms with van der Waals surface area (Å²) in [6.07, 6.45) is 1.76. The SMILES string of the molecule is COc1ccc(-c2nnc3c4ccccc4c(Nc4cccc(NC(=O)C5CCN(C)CC5)c4)nn23)cc1. The molecular weight excluding hydrogens is 478 g/mol. The third-order valence-electron chi connectivity index (χ3n) is 7.09. The van der Waals surface area contributed by atoms with Crippen LogP contribution in [-0.2, 0) is 4.79 Å². The summed E-state index contributed by atoms with van der Waals surface area (Å²) >= 11 is 0. The number of hydrogen-bond donors (Lipinski definition) is 2. The Bertz CT molecular complexity index is 1610. The highest BCUT2D eigenvalue weighted by Gasteiger charge is 2.23. The molecule has 1 aliphatic rings. The van der Waals surface area contributed by atoms with Crippen molar-refractivity contribution < 1.29 is 9.53 Å². The highest BCUT2D eigenvalue weighted by atomic mass is 16.5. The molecule has 0 bridgehead atoms. The number of carbonyl (C=O) groups excluding carboxylic acids is 1. The van der Waals surface area contributed by atoms with Gasteiger partial charge in [0.25, 0.3) is 0 Å². The van der Waals surface area contributed by atoms with Crippen LogP contribution in [0.15, 0.2) is 72.8 Å². The maximum Gasteiger partial charge on any atom is 0.227 e. The van der Waals surface area contributed by atoms with Gasteiger partial charge in [-0.05, 0) is 75.4 Å². The Morgan fingerprint density at radius 1 is 0.921 bits per heavy atom. The monoisotopic (exact) mass is 507 g/mol. The van der Waals surface area contributed by atoms with Gasteiger partial charge in [0.05, 0.1) is 7.11 Å². The van der Waals surface area contributed by atoms with Gasteiger partial charge < -0.3 is 20.3 Å². The standard InChI is InChI=1S/C29H29N7O2/c1-35-16-14-20(15-17-35)29(37)31-22-7-5-6-21(18-22)30-26-24-8-3-4-9-25(24)28-33-32-27(36(28)34-26)19-10-12-23(38-2)13-11-19/h3-13,18,20H,14-17H2,1-2H3,(H,30,34)(H,31,37). The zero-order chi connectivity index (χ0) is 26.1. The lowest BCUT2D eigenvalue weighted by molar-refractivity contribution is -0.121. The Kier molecular flexibility index (Phi) is 6.35. The number of likely N-dealkylation sites (tertiary alicyclic amines) is 1. The van der Waals surface area contributed by atoms with E-state index in [1.807, 2.05) is 72.8 Å². The number of anilines is 3. The second-order valence-electron chi connectivity index (χ2n) is 9.65. The quantitative estimate of drug-likeness (QED) is 0.335. The first-order valence-electron chi connectivity index (χ1n) is 12.7. The lowest BCUT2D eigenvalue weighted by Crippen LogP contribution is -2.35. The van der Waals surface area contributed by atoms with Crippen LogP contribution in [0.3, 0.4) is 0 Å². The van der Waals surface area contributed by atoms with Crippen LogP contribution >= 0.6 is 0 Å². The van der Waals surface area contributed by atoms with Crippen LogP contribution in [0, 0.1) is 5.92 Å². The number of amides is 1. The highest BCUT2D eigenvalue weighted by Crippen LogP contribution is 2.30. The molecule has 3 heterocycles. The van der Waals surface area contributed by atoms with E-state index in [1.54, 1.807) is 11.6 Å². The summed E-state index contributed by atoms with van der Waals surface area (Å²) in [7, 11) is 3.74. The van der Waals surface area contributed by atoms with Gasteiger partial charge in [-0.15, -0.1) is 15.3 Å². The number of methoxy groups -OCH3 is 1. The molecule has 192 valence electrons. The lowest BCUT2D eigenvalue weighted by Gasteiger charge is -2.28. The number of aromatic nitrogens is 4. The van der Waals surface area contributed by atoms with Crippen molar-refractivity contribution in [3.63, 3.8) is 0 Å². The molecule has 3 aromatic carbocycles. The fourth-order valence-electron chi connectivity index (χ4n) is 4.92. The summed E-state index contributed by atoms with van der Waals surface area (Å²) in [5, 5.41) is 22.2. The van der Waals surface area contributed by atoms with E-state index in [4.69, 9.17) is 9.84 Å². The molecule has 9 heteroatoms. The summed E-state index contributed by atoms with van der Waals surface area (Å²) in [5.41, 5.74) is 3.14. The number of nitrogens with one attached hydrogen (secondary N) is 2. The number of fused-ring (bicyclic) bond motifs is 3. The third kappa shape index (κ3) is 4.64. The van der Waals surface area contributed by atoms with Crippen LogP contribution in [-0.4, -0.2) is 57.9 Å². The zero-order valence-corrected chi connectivity index (χ0v) is 21.4. The van der Waals surface area contributed by atoms with E-state index in [0.29, 0.717) is 17.3 Å². The average molecular weight is 508 g/mol. The molecule has 0 aliphatic carbocycles. The summed E-state index contributed by atoms with van der Waals surface area (Å²) in [6.45, 7) is 1.89. The number of carbonyl (C=O) groups is 1. The molecule has 0 saturated carbocycles. The van der Waals surface area contributed by atoms with Crippen molar-refractivity contribution in [1.82, 2.24) is 24.7 Å². The molecule has 38 heavy (non-hydrogen) atoms. The van der Waals surface area contributed by atoms with Gasteiger partial charge in [-0.1, -0.05) is 30.3 Å². The maximum absolute atomic E-state index is 12.9. The Morgan fingerprint density at radius 3 is 2.42 bits per heavy atom. The van der Waals surface area contributed by atoms with Crippen molar-refractivity contribution in [2.75, 3.05) is 37.9 Å². The summed E-state index contributed by atoms with van der Waals surface area (Å²) in [4.78, 5) is 15.1. The van der Waals surface area contributed by atoms with Crippen LogP contribution in [0.5, 0.6) is 5.75 Å². The van der Waals surface area contributed by atoms with Gasteiger partial charge >= 0.3 is 0 Å². The van der Waals surface area contributed by atoms with Crippen molar-refractivity contribution in [1.29, 1.82) is 0 Å². The minimum absolute atomic E-state index is 0.0425. The van der Waals surface area contributed by atoms with Gasteiger partial charge in [-0.3, -0.25) is 4.79 Å². The van der Waals surface area contributed by atoms with E-state index in [2.05, 4.69) is 32.8 Å². The van der Waals surface area contributed by atoms with Gasteiger partial charge in [0.1, 0.15) is 5.75 Å². The number of nitrogens with zero attached hydrogens (tertiary/aromatic N) is 5. The first-order chi connectivity index (χ1) is 18.6. The van der Waals surface area contributed by atoms with Gasteiger partial charge in [0.2, 0.25) is 5.91 Å². The van der Waals surface area contributed by atoms with E-state index in [0.717, 1.165) is 59.4 Å². The Balaban J connectivity index is 1.32. The van der Waals surface area contributed by atoms with Crippen molar-refractivity contribution >= 4 is 39.5 Å². The predicted octanol–water partition coefficient (Wildman–Crippen LogP) is 4.98. The number of ether oxygens (including phenoxy) is 1. The van der Waals surface area contributed by atoms with Gasteiger partial charge in [0, 0.05) is 33.6 Å². The van der Waals surface area contributed by atoms with E-state index in [9.17, 15) is 4.79 Å². The van der Waals surface area contributed by atoms with Crippen molar-refractivity contribution in [2.24, 2.45) is 5.92 Å². The van der Waals surface area contributed by atoms with Gasteiger partial charge in [-0.25, -0.2) is 0 Å². The molecular formula is C29H29N7O2. The second kappa shape index (κ2) is 10.1. The van der Waals surface area contributed by atoms with Crippen LogP contribution in [0.25, 0.3) is 27.8 Å². The second-order valence-corrected chi connectivity index (χ2v) is 9.65.